The van der Waals surface area contributed by atoms with Crippen molar-refractivity contribution in [1.29, 1.82) is 0 Å². The van der Waals surface area contributed by atoms with Crippen LogP contribution in [0.3, 0.4) is 0 Å². The molecule has 0 aromatic rings. The molecule has 0 heterocycles. The summed E-state index contributed by atoms with van der Waals surface area (Å²) in [6.07, 6.45) is 2.18. The Morgan fingerprint density at radius 3 is 2.08 bits per heavy atom. The third-order valence-corrected chi connectivity index (χ3v) is 3.73. The van der Waals surface area contributed by atoms with Crippen molar-refractivity contribution in [2.45, 2.75) is 46.1 Å². The Morgan fingerprint density at radius 1 is 1.42 bits per heavy atom. The van der Waals surface area contributed by atoms with Gasteiger partial charge in [0.2, 0.25) is 0 Å². The van der Waals surface area contributed by atoms with Crippen LogP contribution in [0, 0.1) is 11.3 Å². The molecular weight excluding hydrogens is 166 g/mol. The van der Waals surface area contributed by atoms with Crippen LogP contribution >= 0.6 is 12.2 Å². The van der Waals surface area contributed by atoms with Crippen molar-refractivity contribution in [3.05, 3.63) is 0 Å². The minimum Gasteiger partial charge on any atom is -0.321 e. The van der Waals surface area contributed by atoms with Crippen molar-refractivity contribution in [1.82, 2.24) is 0 Å². The number of rotatable bonds is 2. The SMILES string of the molecule is C[C@H](C(=S)C1(N)CC1)C(C)(C)C. The van der Waals surface area contributed by atoms with Gasteiger partial charge in [0, 0.05) is 10.4 Å². The van der Waals surface area contributed by atoms with Crippen LogP contribution in [0.25, 0.3) is 0 Å². The molecular formula is C10H19NS. The van der Waals surface area contributed by atoms with Crippen LogP contribution in [0.1, 0.15) is 40.5 Å². The van der Waals surface area contributed by atoms with Gasteiger partial charge in [-0.05, 0) is 24.2 Å². The molecule has 0 radical (unpaired) electrons. The van der Waals surface area contributed by atoms with Gasteiger partial charge in [-0.2, -0.15) is 0 Å². The average Bonchev–Trinajstić information content (AvgIpc) is 2.64. The van der Waals surface area contributed by atoms with Crippen LogP contribution in [0.2, 0.25) is 0 Å². The maximum absolute atomic E-state index is 6.05. The highest BCUT2D eigenvalue weighted by atomic mass is 32.1. The Morgan fingerprint density at radius 2 is 1.83 bits per heavy atom. The molecule has 0 amide bonds. The molecule has 1 nitrogen and oxygen atoms in total. The molecule has 0 spiro atoms. The highest BCUT2D eigenvalue weighted by Crippen LogP contribution is 2.40. The second kappa shape index (κ2) is 2.78. The lowest BCUT2D eigenvalue weighted by Gasteiger charge is -2.30. The van der Waals surface area contributed by atoms with E-state index in [1.807, 2.05) is 0 Å². The van der Waals surface area contributed by atoms with Crippen LogP contribution < -0.4 is 5.73 Å². The Bertz CT molecular complexity index is 198. The summed E-state index contributed by atoms with van der Waals surface area (Å²) in [5.74, 6) is 0.444. The van der Waals surface area contributed by atoms with E-state index in [1.54, 1.807) is 0 Å². The molecule has 70 valence electrons. The van der Waals surface area contributed by atoms with E-state index in [4.69, 9.17) is 18.0 Å². The van der Waals surface area contributed by atoms with E-state index < -0.39 is 0 Å². The van der Waals surface area contributed by atoms with Gasteiger partial charge in [0.1, 0.15) is 0 Å². The van der Waals surface area contributed by atoms with Crippen molar-refractivity contribution in [3.8, 4) is 0 Å². The van der Waals surface area contributed by atoms with Crippen molar-refractivity contribution >= 4 is 17.1 Å². The van der Waals surface area contributed by atoms with Crippen LogP contribution in [-0.2, 0) is 0 Å². The minimum absolute atomic E-state index is 0.0813. The smallest absolute Gasteiger partial charge is 0.0477 e. The van der Waals surface area contributed by atoms with Gasteiger partial charge in [-0.3, -0.25) is 0 Å². The first-order chi connectivity index (χ1) is 5.27. The molecule has 1 atom stereocenters. The molecule has 0 aromatic carbocycles. The fraction of sp³-hybridized carbons (Fsp3) is 0.900. The van der Waals surface area contributed by atoms with Gasteiger partial charge in [-0.1, -0.05) is 39.9 Å². The Balaban J connectivity index is 2.65. The van der Waals surface area contributed by atoms with E-state index >= 15 is 0 Å². The number of nitrogens with two attached hydrogens (primary N) is 1. The summed E-state index contributed by atoms with van der Waals surface area (Å²) in [6.45, 7) is 8.84. The van der Waals surface area contributed by atoms with Crippen molar-refractivity contribution in [2.24, 2.45) is 17.1 Å². The van der Waals surface area contributed by atoms with Crippen LogP contribution in [-0.4, -0.2) is 10.4 Å². The predicted octanol–water partition coefficient (Wildman–Crippen LogP) is 2.53. The molecule has 2 N–H and O–H groups in total. The molecule has 1 fully saturated rings. The first-order valence-corrected chi connectivity index (χ1v) is 5.01. The van der Waals surface area contributed by atoms with Crippen molar-refractivity contribution in [2.75, 3.05) is 0 Å². The molecule has 0 aliphatic heterocycles. The van der Waals surface area contributed by atoms with Gasteiger partial charge in [-0.25, -0.2) is 0 Å². The summed E-state index contributed by atoms with van der Waals surface area (Å²) in [5, 5.41) is 0. The Hall–Kier alpha value is 0.0500. The zero-order chi connectivity index (χ0) is 9.57. The van der Waals surface area contributed by atoms with E-state index in [1.165, 1.54) is 0 Å². The summed E-state index contributed by atoms with van der Waals surface area (Å²) in [5.41, 5.74) is 6.22. The first-order valence-electron chi connectivity index (χ1n) is 4.60. The molecule has 0 aromatic heterocycles. The topological polar surface area (TPSA) is 26.0 Å². The van der Waals surface area contributed by atoms with E-state index in [-0.39, 0.29) is 11.0 Å². The molecule has 1 aliphatic rings. The largest absolute Gasteiger partial charge is 0.321 e. The number of hydrogen-bond acceptors (Lipinski definition) is 2. The molecule has 1 rings (SSSR count). The number of thiocarbonyl (C=S) groups is 1. The van der Waals surface area contributed by atoms with E-state index in [2.05, 4.69) is 27.7 Å². The maximum atomic E-state index is 6.05. The lowest BCUT2D eigenvalue weighted by Crippen LogP contribution is -2.40. The summed E-state index contributed by atoms with van der Waals surface area (Å²) >= 11 is 5.40. The lowest BCUT2D eigenvalue weighted by molar-refractivity contribution is 0.330. The third-order valence-electron chi connectivity index (χ3n) is 2.97. The van der Waals surface area contributed by atoms with Crippen LogP contribution in [0.4, 0.5) is 0 Å². The number of hydrogen-bond donors (Lipinski definition) is 1. The quantitative estimate of drug-likeness (QED) is 0.669. The minimum atomic E-state index is -0.0813. The molecule has 1 aliphatic carbocycles. The molecule has 12 heavy (non-hydrogen) atoms. The highest BCUT2D eigenvalue weighted by molar-refractivity contribution is 7.80. The van der Waals surface area contributed by atoms with Gasteiger partial charge in [0.05, 0.1) is 0 Å². The fourth-order valence-corrected chi connectivity index (χ4v) is 1.76. The van der Waals surface area contributed by atoms with Gasteiger partial charge >= 0.3 is 0 Å². The second-order valence-corrected chi connectivity index (χ2v) is 5.55. The van der Waals surface area contributed by atoms with Gasteiger partial charge in [0.25, 0.3) is 0 Å². The Labute approximate surface area is 80.7 Å². The van der Waals surface area contributed by atoms with E-state index in [0.29, 0.717) is 5.92 Å². The fourth-order valence-electron chi connectivity index (χ4n) is 1.21. The van der Waals surface area contributed by atoms with Crippen LogP contribution in [0.5, 0.6) is 0 Å². The molecule has 0 bridgehead atoms. The summed E-state index contributed by atoms with van der Waals surface area (Å²) in [7, 11) is 0. The van der Waals surface area contributed by atoms with E-state index in [9.17, 15) is 0 Å². The standard InChI is InChI=1S/C10H19NS/c1-7(9(2,3)4)8(12)10(11)5-6-10/h7H,5-6,11H2,1-4H3/t7-/m1/s1. The average molecular weight is 185 g/mol. The van der Waals surface area contributed by atoms with Crippen molar-refractivity contribution < 1.29 is 0 Å². The first kappa shape index (κ1) is 10.1. The third kappa shape index (κ3) is 1.86. The van der Waals surface area contributed by atoms with Gasteiger partial charge in [0.15, 0.2) is 0 Å². The molecule has 1 saturated carbocycles. The molecule has 2 heteroatoms. The van der Waals surface area contributed by atoms with Gasteiger partial charge < -0.3 is 5.73 Å². The van der Waals surface area contributed by atoms with E-state index in [0.717, 1.165) is 17.7 Å². The molecule has 0 unspecified atom stereocenters. The highest BCUT2D eigenvalue weighted by Gasteiger charge is 2.45. The van der Waals surface area contributed by atoms with Crippen molar-refractivity contribution in [3.63, 3.8) is 0 Å². The van der Waals surface area contributed by atoms with Gasteiger partial charge in [-0.15, -0.1) is 0 Å². The second-order valence-electron chi connectivity index (χ2n) is 5.11. The zero-order valence-electron chi connectivity index (χ0n) is 8.48. The summed E-state index contributed by atoms with van der Waals surface area (Å²) in [6, 6.07) is 0. The predicted molar refractivity (Wildman–Crippen MR) is 57.4 cm³/mol. The summed E-state index contributed by atoms with van der Waals surface area (Å²) < 4.78 is 0. The summed E-state index contributed by atoms with van der Waals surface area (Å²) in [4.78, 5) is 1.08. The monoisotopic (exact) mass is 185 g/mol. The zero-order valence-corrected chi connectivity index (χ0v) is 9.29. The molecule has 0 saturated heterocycles. The Kier molecular flexibility index (Phi) is 2.34. The maximum Gasteiger partial charge on any atom is 0.0477 e. The lowest BCUT2D eigenvalue weighted by atomic mass is 9.78. The normalized spacial score (nSPS) is 23.4. The van der Waals surface area contributed by atoms with Crippen LogP contribution in [0.15, 0.2) is 0 Å².